The molecule has 2 nitrogen and oxygen atoms in total. The standard InChI is InChI=1S/C16H14F2N2S/c17-12-7-11(8-13(18)9-12)5-6-19-10-16-20-14-3-1-2-4-15(14)21-16/h1-4,7-9,19H,5-6,10H2. The van der Waals surface area contributed by atoms with E-state index < -0.39 is 11.6 Å². The number of nitrogens with one attached hydrogen (secondary N) is 1. The maximum Gasteiger partial charge on any atom is 0.126 e. The Hall–Kier alpha value is -1.85. The second-order valence-electron chi connectivity index (χ2n) is 4.78. The minimum atomic E-state index is -0.531. The number of nitrogens with zero attached hydrogens (tertiary/aromatic N) is 1. The van der Waals surface area contributed by atoms with Crippen LogP contribution in [0.2, 0.25) is 0 Å². The first-order valence-electron chi connectivity index (χ1n) is 6.71. The maximum absolute atomic E-state index is 13.1. The molecule has 0 amide bonds. The highest BCUT2D eigenvalue weighted by atomic mass is 32.1. The largest absolute Gasteiger partial charge is 0.310 e. The van der Waals surface area contributed by atoms with Crippen molar-refractivity contribution >= 4 is 21.6 Å². The van der Waals surface area contributed by atoms with Crippen LogP contribution in [0.15, 0.2) is 42.5 Å². The predicted molar refractivity (Wildman–Crippen MR) is 81.4 cm³/mol. The van der Waals surface area contributed by atoms with E-state index in [2.05, 4.69) is 10.3 Å². The van der Waals surface area contributed by atoms with Crippen molar-refractivity contribution in [2.45, 2.75) is 13.0 Å². The Labute approximate surface area is 125 Å². The molecule has 1 heterocycles. The van der Waals surface area contributed by atoms with Gasteiger partial charge in [-0.25, -0.2) is 13.8 Å². The van der Waals surface area contributed by atoms with Crippen LogP contribution in [0, 0.1) is 11.6 Å². The molecule has 0 spiro atoms. The number of hydrogen-bond donors (Lipinski definition) is 1. The van der Waals surface area contributed by atoms with Crippen molar-refractivity contribution in [1.82, 2.24) is 10.3 Å². The molecule has 0 aliphatic rings. The minimum absolute atomic E-state index is 0.531. The fourth-order valence-corrected chi connectivity index (χ4v) is 3.12. The van der Waals surface area contributed by atoms with Gasteiger partial charge in [0.1, 0.15) is 16.6 Å². The lowest BCUT2D eigenvalue weighted by atomic mass is 10.1. The molecule has 2 aromatic carbocycles. The SMILES string of the molecule is Fc1cc(F)cc(CCNCc2nc3ccccc3s2)c1. The van der Waals surface area contributed by atoms with Crippen LogP contribution in [0.25, 0.3) is 10.2 Å². The first-order valence-corrected chi connectivity index (χ1v) is 7.52. The van der Waals surface area contributed by atoms with Gasteiger partial charge in [-0.15, -0.1) is 11.3 Å². The van der Waals surface area contributed by atoms with Crippen molar-refractivity contribution in [1.29, 1.82) is 0 Å². The summed E-state index contributed by atoms with van der Waals surface area (Å²) in [5.41, 5.74) is 1.66. The molecular weight excluding hydrogens is 290 g/mol. The molecule has 108 valence electrons. The Morgan fingerprint density at radius 3 is 2.57 bits per heavy atom. The molecule has 0 bridgehead atoms. The van der Waals surface area contributed by atoms with Crippen molar-refractivity contribution in [2.75, 3.05) is 6.54 Å². The highest BCUT2D eigenvalue weighted by molar-refractivity contribution is 7.18. The topological polar surface area (TPSA) is 24.9 Å². The van der Waals surface area contributed by atoms with Gasteiger partial charge in [-0.1, -0.05) is 12.1 Å². The number of rotatable bonds is 5. The Morgan fingerprint density at radius 2 is 1.81 bits per heavy atom. The van der Waals surface area contributed by atoms with Crippen LogP contribution in [0.3, 0.4) is 0 Å². The van der Waals surface area contributed by atoms with Crippen LogP contribution < -0.4 is 5.32 Å². The third kappa shape index (κ3) is 3.62. The lowest BCUT2D eigenvalue weighted by Crippen LogP contribution is -2.16. The van der Waals surface area contributed by atoms with Crippen LogP contribution in [0.1, 0.15) is 10.6 Å². The molecule has 0 atom stereocenters. The fourth-order valence-electron chi connectivity index (χ4n) is 2.18. The van der Waals surface area contributed by atoms with Crippen LogP contribution in [-0.2, 0) is 13.0 Å². The molecule has 0 saturated heterocycles. The first-order chi connectivity index (χ1) is 10.2. The lowest BCUT2D eigenvalue weighted by Gasteiger charge is -2.03. The highest BCUT2D eigenvalue weighted by Crippen LogP contribution is 2.21. The Morgan fingerprint density at radius 1 is 1.05 bits per heavy atom. The van der Waals surface area contributed by atoms with Crippen molar-refractivity contribution < 1.29 is 8.78 Å². The number of hydrogen-bond acceptors (Lipinski definition) is 3. The molecule has 0 aliphatic heterocycles. The van der Waals surface area contributed by atoms with E-state index >= 15 is 0 Å². The van der Waals surface area contributed by atoms with E-state index in [1.165, 1.54) is 16.8 Å². The number of aromatic nitrogens is 1. The Bertz CT molecular complexity index is 702. The zero-order valence-corrected chi connectivity index (χ0v) is 12.1. The Kier molecular flexibility index (Phi) is 4.22. The number of para-hydroxylation sites is 1. The molecule has 0 fully saturated rings. The summed E-state index contributed by atoms with van der Waals surface area (Å²) in [6, 6.07) is 11.6. The van der Waals surface area contributed by atoms with Crippen LogP contribution in [-0.4, -0.2) is 11.5 Å². The van der Waals surface area contributed by atoms with E-state index in [0.29, 0.717) is 25.1 Å². The molecule has 3 aromatic rings. The molecule has 0 saturated carbocycles. The average molecular weight is 304 g/mol. The summed E-state index contributed by atoms with van der Waals surface area (Å²) in [4.78, 5) is 4.52. The number of fused-ring (bicyclic) bond motifs is 1. The van der Waals surface area contributed by atoms with Crippen molar-refractivity contribution in [3.8, 4) is 0 Å². The van der Waals surface area contributed by atoms with Crippen LogP contribution >= 0.6 is 11.3 Å². The second-order valence-corrected chi connectivity index (χ2v) is 5.90. The zero-order valence-electron chi connectivity index (χ0n) is 11.3. The number of halogens is 2. The molecule has 0 radical (unpaired) electrons. The normalized spacial score (nSPS) is 11.1. The third-order valence-corrected chi connectivity index (χ3v) is 4.16. The highest BCUT2D eigenvalue weighted by Gasteiger charge is 2.03. The van der Waals surface area contributed by atoms with Gasteiger partial charge in [-0.3, -0.25) is 0 Å². The summed E-state index contributed by atoms with van der Waals surface area (Å²) < 4.78 is 27.3. The summed E-state index contributed by atoms with van der Waals surface area (Å²) in [5, 5.41) is 4.27. The molecule has 3 rings (SSSR count). The second kappa shape index (κ2) is 6.28. The average Bonchev–Trinajstić information content (AvgIpc) is 2.85. The third-order valence-electron chi connectivity index (χ3n) is 3.13. The molecule has 1 aromatic heterocycles. The summed E-state index contributed by atoms with van der Waals surface area (Å²) in [5.74, 6) is -1.06. The van der Waals surface area contributed by atoms with Gasteiger partial charge in [-0.05, 0) is 42.8 Å². The van der Waals surface area contributed by atoms with Gasteiger partial charge in [0.2, 0.25) is 0 Å². The van der Waals surface area contributed by atoms with E-state index in [0.717, 1.165) is 16.6 Å². The zero-order chi connectivity index (χ0) is 14.7. The fraction of sp³-hybridized carbons (Fsp3) is 0.188. The molecule has 21 heavy (non-hydrogen) atoms. The van der Waals surface area contributed by atoms with E-state index in [-0.39, 0.29) is 0 Å². The van der Waals surface area contributed by atoms with Gasteiger partial charge < -0.3 is 5.32 Å². The van der Waals surface area contributed by atoms with E-state index in [4.69, 9.17) is 0 Å². The van der Waals surface area contributed by atoms with Gasteiger partial charge in [0.15, 0.2) is 0 Å². The van der Waals surface area contributed by atoms with Gasteiger partial charge in [0, 0.05) is 12.6 Å². The van der Waals surface area contributed by atoms with Crippen LogP contribution in [0.4, 0.5) is 8.78 Å². The first kappa shape index (κ1) is 14.1. The van der Waals surface area contributed by atoms with Crippen molar-refractivity contribution in [2.24, 2.45) is 0 Å². The lowest BCUT2D eigenvalue weighted by molar-refractivity contribution is 0.577. The van der Waals surface area contributed by atoms with E-state index in [1.54, 1.807) is 11.3 Å². The molecular formula is C16H14F2N2S. The monoisotopic (exact) mass is 304 g/mol. The predicted octanol–water partition coefficient (Wildman–Crippen LogP) is 3.91. The van der Waals surface area contributed by atoms with Crippen LogP contribution in [0.5, 0.6) is 0 Å². The quantitative estimate of drug-likeness (QED) is 0.723. The molecule has 5 heteroatoms. The number of thiazole rings is 1. The summed E-state index contributed by atoms with van der Waals surface area (Å²) in [6.07, 6.45) is 0.583. The summed E-state index contributed by atoms with van der Waals surface area (Å²) >= 11 is 1.65. The van der Waals surface area contributed by atoms with Gasteiger partial charge in [0.25, 0.3) is 0 Å². The maximum atomic E-state index is 13.1. The Balaban J connectivity index is 1.54. The van der Waals surface area contributed by atoms with Crippen molar-refractivity contribution in [3.63, 3.8) is 0 Å². The molecule has 1 N–H and O–H groups in total. The smallest absolute Gasteiger partial charge is 0.126 e. The van der Waals surface area contributed by atoms with Crippen molar-refractivity contribution in [3.05, 3.63) is 64.7 Å². The van der Waals surface area contributed by atoms with Gasteiger partial charge >= 0.3 is 0 Å². The number of benzene rings is 2. The van der Waals surface area contributed by atoms with Gasteiger partial charge in [-0.2, -0.15) is 0 Å². The van der Waals surface area contributed by atoms with E-state index in [9.17, 15) is 8.78 Å². The summed E-state index contributed by atoms with van der Waals surface area (Å²) in [6.45, 7) is 1.32. The van der Waals surface area contributed by atoms with Gasteiger partial charge in [0.05, 0.1) is 10.2 Å². The van der Waals surface area contributed by atoms with E-state index in [1.807, 2.05) is 24.3 Å². The molecule has 0 aliphatic carbocycles. The molecule has 0 unspecified atom stereocenters. The summed E-state index contributed by atoms with van der Waals surface area (Å²) in [7, 11) is 0. The minimum Gasteiger partial charge on any atom is -0.310 e.